The number of benzene rings is 2. The fourth-order valence-corrected chi connectivity index (χ4v) is 6.32. The summed E-state index contributed by atoms with van der Waals surface area (Å²) in [6.45, 7) is 6.34. The van der Waals surface area contributed by atoms with Crippen molar-refractivity contribution in [2.24, 2.45) is 5.92 Å². The second-order valence-corrected chi connectivity index (χ2v) is 11.9. The van der Waals surface area contributed by atoms with Gasteiger partial charge in [0, 0.05) is 32.2 Å². The minimum absolute atomic E-state index is 0.0766. The van der Waals surface area contributed by atoms with Gasteiger partial charge in [0.2, 0.25) is 0 Å². The fourth-order valence-electron chi connectivity index (χ4n) is 6.32. The van der Waals surface area contributed by atoms with Crippen LogP contribution in [0.25, 0.3) is 0 Å². The molecule has 1 unspecified atom stereocenters. The zero-order chi connectivity index (χ0) is 33.1. The number of esters is 1. The van der Waals surface area contributed by atoms with E-state index < -0.39 is 47.3 Å². The first-order valence-electron chi connectivity index (χ1n) is 15.1. The van der Waals surface area contributed by atoms with E-state index in [0.717, 1.165) is 18.4 Å². The SMILES string of the molecule is CCOC(=O)C1CCC(N2CCN(C(=O)NC[C@H](C)c3cc(C(F)(F)F)cc(C(F)(F)F)c3)C(c3ccc(F)cc3C)C2)CC1. The topological polar surface area (TPSA) is 61.9 Å². The number of halogens is 7. The van der Waals surface area contributed by atoms with Crippen molar-refractivity contribution in [3.8, 4) is 0 Å². The number of nitrogens with one attached hydrogen (secondary N) is 1. The summed E-state index contributed by atoms with van der Waals surface area (Å²) >= 11 is 0. The first kappa shape index (κ1) is 34.5. The van der Waals surface area contributed by atoms with Gasteiger partial charge in [0.25, 0.3) is 0 Å². The molecule has 2 amide bonds. The van der Waals surface area contributed by atoms with Gasteiger partial charge in [-0.25, -0.2) is 9.18 Å². The highest BCUT2D eigenvalue weighted by atomic mass is 19.4. The quantitative estimate of drug-likeness (QED) is 0.251. The number of piperazine rings is 1. The van der Waals surface area contributed by atoms with Crippen molar-refractivity contribution in [2.75, 3.05) is 32.8 Å². The molecule has 1 saturated carbocycles. The number of aryl methyl sites for hydroxylation is 1. The number of carbonyl (C=O) groups is 2. The molecule has 2 fully saturated rings. The number of hydrogen-bond acceptors (Lipinski definition) is 4. The zero-order valence-corrected chi connectivity index (χ0v) is 25.4. The molecular weight excluding hydrogens is 607 g/mol. The normalized spacial score (nSPS) is 22.2. The number of carbonyl (C=O) groups excluding carboxylic acids is 2. The molecule has 2 atom stereocenters. The predicted molar refractivity (Wildman–Crippen MR) is 153 cm³/mol. The Morgan fingerprint density at radius 1 is 0.956 bits per heavy atom. The summed E-state index contributed by atoms with van der Waals surface area (Å²) in [4.78, 5) is 29.6. The van der Waals surface area contributed by atoms with Gasteiger partial charge >= 0.3 is 24.4 Å². The first-order valence-corrected chi connectivity index (χ1v) is 15.1. The molecule has 2 aromatic rings. The molecule has 1 saturated heterocycles. The van der Waals surface area contributed by atoms with Crippen molar-refractivity contribution in [3.63, 3.8) is 0 Å². The minimum Gasteiger partial charge on any atom is -0.466 e. The Labute approximate surface area is 257 Å². The number of urea groups is 1. The zero-order valence-electron chi connectivity index (χ0n) is 25.4. The molecular formula is C32H38F7N3O3. The molecule has 45 heavy (non-hydrogen) atoms. The first-order chi connectivity index (χ1) is 21.1. The van der Waals surface area contributed by atoms with Crippen LogP contribution in [0.2, 0.25) is 0 Å². The van der Waals surface area contributed by atoms with Crippen molar-refractivity contribution in [1.29, 1.82) is 0 Å². The summed E-state index contributed by atoms with van der Waals surface area (Å²) in [6.07, 6.45) is -7.02. The molecule has 0 aromatic heterocycles. The van der Waals surface area contributed by atoms with Crippen LogP contribution in [-0.4, -0.2) is 60.6 Å². The third-order valence-electron chi connectivity index (χ3n) is 8.84. The molecule has 6 nitrogen and oxygen atoms in total. The molecule has 1 N–H and O–H groups in total. The Bertz CT molecular complexity index is 1320. The number of rotatable bonds is 7. The van der Waals surface area contributed by atoms with Crippen LogP contribution in [0.4, 0.5) is 35.5 Å². The molecule has 4 rings (SSSR count). The Morgan fingerprint density at radius 2 is 1.58 bits per heavy atom. The van der Waals surface area contributed by atoms with Gasteiger partial charge in [0.1, 0.15) is 5.82 Å². The second kappa shape index (κ2) is 14.0. The molecule has 1 aliphatic carbocycles. The smallest absolute Gasteiger partial charge is 0.416 e. The third kappa shape index (κ3) is 8.47. The van der Waals surface area contributed by atoms with Crippen LogP contribution in [0.5, 0.6) is 0 Å². The van der Waals surface area contributed by atoms with Gasteiger partial charge in [-0.05, 0) is 92.5 Å². The monoisotopic (exact) mass is 645 g/mol. The average molecular weight is 646 g/mol. The van der Waals surface area contributed by atoms with Crippen LogP contribution in [0.15, 0.2) is 36.4 Å². The summed E-state index contributed by atoms with van der Waals surface area (Å²) in [6, 6.07) is 4.91. The number of alkyl halides is 6. The van der Waals surface area contributed by atoms with Gasteiger partial charge < -0.3 is 15.0 Å². The number of amides is 2. The fraction of sp³-hybridized carbons (Fsp3) is 0.562. The van der Waals surface area contributed by atoms with Gasteiger partial charge in [0.15, 0.2) is 0 Å². The van der Waals surface area contributed by atoms with Crippen molar-refractivity contribution in [1.82, 2.24) is 15.1 Å². The molecule has 248 valence electrons. The molecule has 0 bridgehead atoms. The lowest BCUT2D eigenvalue weighted by molar-refractivity contribution is -0.149. The predicted octanol–water partition coefficient (Wildman–Crippen LogP) is 7.47. The Kier molecular flexibility index (Phi) is 10.7. The number of hydrogen-bond donors (Lipinski definition) is 1. The van der Waals surface area contributed by atoms with Crippen molar-refractivity contribution in [2.45, 2.75) is 76.8 Å². The maximum atomic E-state index is 14.0. The van der Waals surface area contributed by atoms with E-state index in [1.807, 2.05) is 0 Å². The molecule has 1 heterocycles. The van der Waals surface area contributed by atoms with Crippen molar-refractivity contribution < 1.29 is 45.1 Å². The van der Waals surface area contributed by atoms with Crippen molar-refractivity contribution in [3.05, 3.63) is 70.0 Å². The molecule has 1 aliphatic heterocycles. The largest absolute Gasteiger partial charge is 0.466 e. The lowest BCUT2D eigenvalue weighted by Crippen LogP contribution is -2.56. The van der Waals surface area contributed by atoms with E-state index in [-0.39, 0.29) is 36.1 Å². The lowest BCUT2D eigenvalue weighted by atomic mass is 9.84. The Morgan fingerprint density at radius 3 is 2.13 bits per heavy atom. The maximum absolute atomic E-state index is 14.0. The summed E-state index contributed by atoms with van der Waals surface area (Å²) in [5.74, 6) is -1.62. The van der Waals surface area contributed by atoms with E-state index in [0.29, 0.717) is 56.8 Å². The standard InChI is InChI=1S/C32H38F7N3O3/c1-4-45-29(43)21-5-8-26(9-6-21)41-11-12-42(28(18-41)27-10-7-25(33)13-19(27)2)30(44)40-17-20(3)22-14-23(31(34,35)36)16-24(15-22)32(37,38)39/h7,10,13-16,20-21,26,28H,4-6,8-9,11-12,17-18H2,1-3H3,(H,40,44)/t20-,21?,26?,28?/m0/s1. The van der Waals surface area contributed by atoms with Crippen LogP contribution in [0.1, 0.15) is 79.3 Å². The highest BCUT2D eigenvalue weighted by molar-refractivity contribution is 5.75. The van der Waals surface area contributed by atoms with Gasteiger partial charge in [-0.15, -0.1) is 0 Å². The molecule has 0 spiro atoms. The van der Waals surface area contributed by atoms with Crippen LogP contribution in [0, 0.1) is 18.7 Å². The second-order valence-electron chi connectivity index (χ2n) is 11.9. The summed E-state index contributed by atoms with van der Waals surface area (Å²) in [5.41, 5.74) is -1.65. The summed E-state index contributed by atoms with van der Waals surface area (Å²) in [5, 5.41) is 2.70. The van der Waals surface area contributed by atoms with E-state index in [4.69, 9.17) is 4.74 Å². The lowest BCUT2D eigenvalue weighted by Gasteiger charge is -2.46. The maximum Gasteiger partial charge on any atom is 0.416 e. The number of nitrogens with zero attached hydrogens (tertiary/aromatic N) is 2. The molecule has 2 aliphatic rings. The van der Waals surface area contributed by atoms with E-state index in [1.165, 1.54) is 19.1 Å². The highest BCUT2D eigenvalue weighted by Crippen LogP contribution is 2.38. The van der Waals surface area contributed by atoms with E-state index >= 15 is 0 Å². The third-order valence-corrected chi connectivity index (χ3v) is 8.84. The van der Waals surface area contributed by atoms with Gasteiger partial charge in [-0.3, -0.25) is 9.69 Å². The molecule has 2 aromatic carbocycles. The van der Waals surface area contributed by atoms with E-state index in [9.17, 15) is 40.3 Å². The number of ether oxygens (including phenoxy) is 1. The summed E-state index contributed by atoms with van der Waals surface area (Å²) in [7, 11) is 0. The molecule has 0 radical (unpaired) electrons. The minimum atomic E-state index is -4.98. The van der Waals surface area contributed by atoms with Gasteiger partial charge in [0.05, 0.1) is 29.7 Å². The Hall–Kier alpha value is -3.35. The van der Waals surface area contributed by atoms with Crippen LogP contribution in [0.3, 0.4) is 0 Å². The van der Waals surface area contributed by atoms with Crippen LogP contribution in [-0.2, 0) is 21.9 Å². The van der Waals surface area contributed by atoms with E-state index in [1.54, 1.807) is 24.8 Å². The Balaban J connectivity index is 1.49. The van der Waals surface area contributed by atoms with E-state index in [2.05, 4.69) is 10.2 Å². The van der Waals surface area contributed by atoms with Crippen LogP contribution < -0.4 is 5.32 Å². The summed E-state index contributed by atoms with van der Waals surface area (Å²) < 4.78 is 99.4. The van der Waals surface area contributed by atoms with Crippen LogP contribution >= 0.6 is 0 Å². The van der Waals surface area contributed by atoms with Crippen molar-refractivity contribution >= 4 is 12.0 Å². The van der Waals surface area contributed by atoms with Gasteiger partial charge in [-0.2, -0.15) is 26.3 Å². The molecule has 13 heteroatoms. The average Bonchev–Trinajstić information content (AvgIpc) is 2.98. The highest BCUT2D eigenvalue weighted by Gasteiger charge is 2.39. The van der Waals surface area contributed by atoms with Gasteiger partial charge in [-0.1, -0.05) is 13.0 Å².